The summed E-state index contributed by atoms with van der Waals surface area (Å²) in [5.41, 5.74) is 0. The van der Waals surface area contributed by atoms with E-state index in [1.54, 1.807) is 0 Å². The number of hydrogen-bond donors (Lipinski definition) is 0. The van der Waals surface area contributed by atoms with E-state index in [4.69, 9.17) is 18.9 Å². The van der Waals surface area contributed by atoms with Gasteiger partial charge in [0.25, 0.3) is 0 Å². The molecule has 0 radical (unpaired) electrons. The molecule has 0 heterocycles. The van der Waals surface area contributed by atoms with Gasteiger partial charge in [-0.25, -0.2) is 0 Å². The molecule has 0 saturated heterocycles. The predicted octanol–water partition coefficient (Wildman–Crippen LogP) is 20.3. The number of rotatable bonds is 66. The fourth-order valence-corrected chi connectivity index (χ4v) is 10.4. The maximum Gasteiger partial charge on any atom is 0.306 e. The number of carboxylic acid groups (broad SMARTS) is 1. The first-order valence-electron chi connectivity index (χ1n) is 35.1. The van der Waals surface area contributed by atoms with Crippen molar-refractivity contribution in [2.45, 2.75) is 360 Å². The Kier molecular flexibility index (Phi) is 61.6. The number of carboxylic acids is 1. The Morgan fingerprint density at radius 3 is 0.988 bits per heavy atom. The van der Waals surface area contributed by atoms with Crippen LogP contribution in [0.3, 0.4) is 0 Å². The third kappa shape index (κ3) is 64.9. The molecule has 2 atom stereocenters. The van der Waals surface area contributed by atoms with E-state index in [0.717, 1.165) is 44.9 Å². The molecule has 0 fully saturated rings. The molecule has 0 bridgehead atoms. The van der Waals surface area contributed by atoms with Gasteiger partial charge in [-0.15, -0.1) is 0 Å². The fraction of sp³-hybridized carbons (Fsp3) is 0.875. The van der Waals surface area contributed by atoms with Crippen LogP contribution >= 0.6 is 0 Å². The van der Waals surface area contributed by atoms with E-state index in [-0.39, 0.29) is 32.2 Å². The summed E-state index contributed by atoms with van der Waals surface area (Å²) in [5, 5.41) is 11.8. The molecule has 0 spiro atoms. The molecule has 0 aliphatic rings. The summed E-state index contributed by atoms with van der Waals surface area (Å²) in [6.45, 7) is 4.80. The molecule has 0 saturated carbocycles. The van der Waals surface area contributed by atoms with Gasteiger partial charge in [-0.1, -0.05) is 301 Å². The van der Waals surface area contributed by atoms with E-state index >= 15 is 0 Å². The number of ether oxygens (including phenoxy) is 4. The summed E-state index contributed by atoms with van der Waals surface area (Å²) in [4.78, 5) is 37.5. The van der Waals surface area contributed by atoms with E-state index in [2.05, 4.69) is 50.3 Å². The Hall–Kier alpha value is -2.49. The molecule has 0 N–H and O–H groups in total. The normalized spacial score (nSPS) is 12.9. The van der Waals surface area contributed by atoms with E-state index in [1.165, 1.54) is 276 Å². The second-order valence-electron chi connectivity index (χ2n) is 25.2. The maximum atomic E-state index is 12.9. The van der Waals surface area contributed by atoms with Gasteiger partial charge in [-0.2, -0.15) is 0 Å². The standard InChI is InChI=1S/C72H135NO8/c1-6-8-10-12-14-16-18-20-22-24-26-28-30-32-34-35-37-39-41-43-45-47-49-51-53-55-57-59-61-63-70(75)81-68(67-80-72(71(76)77)78-65-64-73(3,4)5)66-79-69(74)62-60-58-56-54-52-50-48-46-44-42-40-38-36-33-31-29-27-25-23-21-19-17-15-13-11-9-7-2/h18,20,24-27,68,72H,6-17,19,21-23,28-67H2,1-5H3/b20-18-,26-24-,27-25-. The molecule has 0 aromatic heterocycles. The Balaban J connectivity index is 4.08. The quantitative estimate of drug-likeness (QED) is 0.0195. The molecular weight excluding hydrogens is 1010 g/mol. The summed E-state index contributed by atoms with van der Waals surface area (Å²) in [6.07, 6.45) is 76.6. The number of carbonyl (C=O) groups excluding carboxylic acids is 3. The summed E-state index contributed by atoms with van der Waals surface area (Å²) in [5.74, 6) is -2.26. The average molecular weight is 1140 g/mol. The fourth-order valence-electron chi connectivity index (χ4n) is 10.4. The van der Waals surface area contributed by atoms with Crippen molar-refractivity contribution >= 4 is 17.9 Å². The van der Waals surface area contributed by atoms with Gasteiger partial charge in [0.1, 0.15) is 13.2 Å². The number of esters is 2. The number of allylic oxidation sites excluding steroid dienone is 6. The monoisotopic (exact) mass is 1140 g/mol. The highest BCUT2D eigenvalue weighted by molar-refractivity contribution is 5.70. The van der Waals surface area contributed by atoms with Crippen molar-refractivity contribution in [1.82, 2.24) is 0 Å². The first-order valence-corrected chi connectivity index (χ1v) is 35.1. The molecule has 9 nitrogen and oxygen atoms in total. The van der Waals surface area contributed by atoms with Gasteiger partial charge in [0, 0.05) is 12.8 Å². The van der Waals surface area contributed by atoms with E-state index in [0.29, 0.717) is 17.4 Å². The molecule has 0 aromatic carbocycles. The minimum absolute atomic E-state index is 0.150. The highest BCUT2D eigenvalue weighted by atomic mass is 16.7. The molecule has 0 amide bonds. The van der Waals surface area contributed by atoms with E-state index < -0.39 is 24.3 Å². The summed E-state index contributed by atoms with van der Waals surface area (Å²) in [7, 11) is 5.94. The van der Waals surface area contributed by atoms with Crippen molar-refractivity contribution in [3.63, 3.8) is 0 Å². The van der Waals surface area contributed by atoms with Crippen LogP contribution in [0, 0.1) is 0 Å². The number of carbonyl (C=O) groups is 3. The van der Waals surface area contributed by atoms with Crippen LogP contribution < -0.4 is 5.11 Å². The molecule has 81 heavy (non-hydrogen) atoms. The summed E-state index contributed by atoms with van der Waals surface area (Å²) < 4.78 is 22.8. The topological polar surface area (TPSA) is 111 Å². The van der Waals surface area contributed by atoms with Crippen LogP contribution in [0.25, 0.3) is 0 Å². The van der Waals surface area contributed by atoms with Gasteiger partial charge >= 0.3 is 11.9 Å². The zero-order chi connectivity index (χ0) is 59.1. The Morgan fingerprint density at radius 2 is 0.667 bits per heavy atom. The maximum absolute atomic E-state index is 12.9. The minimum atomic E-state index is -1.62. The number of likely N-dealkylation sites (N-methyl/N-ethyl adjacent to an activating group) is 1. The van der Waals surface area contributed by atoms with Gasteiger partial charge in [-0.05, 0) is 70.6 Å². The molecular formula is C72H135NO8. The molecule has 476 valence electrons. The van der Waals surface area contributed by atoms with Crippen LogP contribution in [0.4, 0.5) is 0 Å². The molecule has 0 rings (SSSR count). The number of quaternary nitrogens is 1. The van der Waals surface area contributed by atoms with Gasteiger partial charge < -0.3 is 33.3 Å². The Bertz CT molecular complexity index is 1420. The van der Waals surface area contributed by atoms with Crippen molar-refractivity contribution in [3.05, 3.63) is 36.5 Å². The van der Waals surface area contributed by atoms with Crippen LogP contribution in [-0.4, -0.2) is 82.3 Å². The minimum Gasteiger partial charge on any atom is -0.545 e. The Morgan fingerprint density at radius 1 is 0.370 bits per heavy atom. The van der Waals surface area contributed by atoms with Gasteiger partial charge in [0.05, 0.1) is 40.3 Å². The number of nitrogens with zero attached hydrogens (tertiary/aromatic N) is 1. The molecule has 9 heteroatoms. The highest BCUT2D eigenvalue weighted by Crippen LogP contribution is 2.18. The zero-order valence-electron chi connectivity index (χ0n) is 54.4. The van der Waals surface area contributed by atoms with Gasteiger partial charge in [0.2, 0.25) is 0 Å². The van der Waals surface area contributed by atoms with Crippen LogP contribution in [0.2, 0.25) is 0 Å². The second-order valence-corrected chi connectivity index (χ2v) is 25.2. The lowest BCUT2D eigenvalue weighted by Crippen LogP contribution is -2.44. The predicted molar refractivity (Wildman–Crippen MR) is 343 cm³/mol. The van der Waals surface area contributed by atoms with Crippen molar-refractivity contribution in [1.29, 1.82) is 0 Å². The molecule has 0 aromatic rings. The lowest BCUT2D eigenvalue weighted by Gasteiger charge is -2.26. The molecule has 0 aliphatic heterocycles. The SMILES string of the molecule is CCCCCCC/C=C\C/C=C\CCCCCCCCCCCCCCCCCCCC(=O)OC(COC(=O)CCCCCCCCCCCCCCCCC/C=C\CCCCCCCCCC)COC(OCC[N+](C)(C)C)C(=O)[O-]. The summed E-state index contributed by atoms with van der Waals surface area (Å²) >= 11 is 0. The lowest BCUT2D eigenvalue weighted by atomic mass is 10.0. The average Bonchev–Trinajstić information content (AvgIpc) is 3.44. The van der Waals surface area contributed by atoms with E-state index in [1.807, 2.05) is 21.1 Å². The molecule has 0 aliphatic carbocycles. The number of aliphatic carboxylic acids is 1. The van der Waals surface area contributed by atoms with Crippen molar-refractivity contribution in [3.8, 4) is 0 Å². The third-order valence-corrected chi connectivity index (χ3v) is 15.9. The first kappa shape index (κ1) is 78.5. The van der Waals surface area contributed by atoms with Crippen LogP contribution in [0.15, 0.2) is 36.5 Å². The van der Waals surface area contributed by atoms with Gasteiger partial charge in [0.15, 0.2) is 12.4 Å². The van der Waals surface area contributed by atoms with Gasteiger partial charge in [-0.3, -0.25) is 9.59 Å². The highest BCUT2D eigenvalue weighted by Gasteiger charge is 2.22. The van der Waals surface area contributed by atoms with Crippen molar-refractivity contribution < 1.29 is 42.9 Å². The molecule has 2 unspecified atom stereocenters. The van der Waals surface area contributed by atoms with Crippen molar-refractivity contribution in [2.75, 3.05) is 47.5 Å². The largest absolute Gasteiger partial charge is 0.545 e. The van der Waals surface area contributed by atoms with Crippen LogP contribution in [0.1, 0.15) is 348 Å². The Labute approximate surface area is 502 Å². The lowest BCUT2D eigenvalue weighted by molar-refractivity contribution is -0.870. The smallest absolute Gasteiger partial charge is 0.306 e. The first-order chi connectivity index (χ1) is 39.6. The van der Waals surface area contributed by atoms with Crippen molar-refractivity contribution in [2.24, 2.45) is 0 Å². The summed E-state index contributed by atoms with van der Waals surface area (Å²) in [6, 6.07) is 0. The third-order valence-electron chi connectivity index (χ3n) is 15.9. The van der Waals surface area contributed by atoms with Crippen LogP contribution in [-0.2, 0) is 33.3 Å². The van der Waals surface area contributed by atoms with E-state index in [9.17, 15) is 19.5 Å². The second kappa shape index (κ2) is 63.5. The zero-order valence-corrected chi connectivity index (χ0v) is 54.4. The number of hydrogen-bond acceptors (Lipinski definition) is 8. The van der Waals surface area contributed by atoms with Crippen LogP contribution in [0.5, 0.6) is 0 Å². The number of unbranched alkanes of at least 4 members (excludes halogenated alkanes) is 45.